The molecule has 0 N–H and O–H groups in total. The predicted molar refractivity (Wildman–Crippen MR) is 42.3 cm³/mol. The molecule has 2 nitrogen and oxygen atoms in total. The molecule has 1 unspecified atom stereocenters. The van der Waals surface area contributed by atoms with Crippen LogP contribution in [-0.4, -0.2) is 24.8 Å². The van der Waals surface area contributed by atoms with Crippen LogP contribution in [0.15, 0.2) is 11.6 Å². The molecule has 0 aromatic heterocycles. The first kappa shape index (κ1) is 7.76. The maximum Gasteiger partial charge on any atom is 0.0998 e. The SMILES string of the molecule is CCC1=CCC[N+](C)([O-])C1. The highest BCUT2D eigenvalue weighted by atomic mass is 16.5. The molecule has 0 spiro atoms. The van der Waals surface area contributed by atoms with Crippen LogP contribution in [0.2, 0.25) is 0 Å². The number of hydrogen-bond acceptors (Lipinski definition) is 1. The molecule has 1 aliphatic heterocycles. The Morgan fingerprint density at radius 1 is 1.70 bits per heavy atom. The summed E-state index contributed by atoms with van der Waals surface area (Å²) in [4.78, 5) is 0. The predicted octanol–water partition coefficient (Wildman–Crippen LogP) is 1.67. The molecule has 1 rings (SSSR count). The zero-order valence-electron chi connectivity index (χ0n) is 6.76. The summed E-state index contributed by atoms with van der Waals surface area (Å²) in [6.07, 6.45) is 4.21. The van der Waals surface area contributed by atoms with E-state index in [4.69, 9.17) is 0 Å². The summed E-state index contributed by atoms with van der Waals surface area (Å²) in [6, 6.07) is 0. The Balaban J connectivity index is 2.57. The summed E-state index contributed by atoms with van der Waals surface area (Å²) in [5.74, 6) is 0. The second-order valence-electron chi connectivity index (χ2n) is 3.18. The normalized spacial score (nSPS) is 33.7. The largest absolute Gasteiger partial charge is 0.633 e. The van der Waals surface area contributed by atoms with Crippen molar-refractivity contribution in [2.75, 3.05) is 20.1 Å². The topological polar surface area (TPSA) is 23.1 Å². The third kappa shape index (κ3) is 1.82. The Morgan fingerprint density at radius 2 is 2.40 bits per heavy atom. The van der Waals surface area contributed by atoms with E-state index in [1.807, 2.05) is 0 Å². The van der Waals surface area contributed by atoms with Crippen molar-refractivity contribution in [1.82, 2.24) is 0 Å². The van der Waals surface area contributed by atoms with E-state index in [2.05, 4.69) is 13.0 Å². The maximum atomic E-state index is 11.4. The first-order valence-corrected chi connectivity index (χ1v) is 3.87. The lowest BCUT2D eigenvalue weighted by molar-refractivity contribution is -0.857. The number of quaternary nitrogens is 1. The quantitative estimate of drug-likeness (QED) is 0.309. The van der Waals surface area contributed by atoms with Crippen LogP contribution in [0.1, 0.15) is 19.8 Å². The summed E-state index contributed by atoms with van der Waals surface area (Å²) in [6.45, 7) is 3.57. The number of rotatable bonds is 1. The molecule has 58 valence electrons. The van der Waals surface area contributed by atoms with Gasteiger partial charge in [-0.1, -0.05) is 13.0 Å². The van der Waals surface area contributed by atoms with Gasteiger partial charge in [-0.2, -0.15) is 0 Å². The highest BCUT2D eigenvalue weighted by Gasteiger charge is 2.15. The summed E-state index contributed by atoms with van der Waals surface area (Å²) in [7, 11) is 1.75. The van der Waals surface area contributed by atoms with Gasteiger partial charge >= 0.3 is 0 Å². The van der Waals surface area contributed by atoms with E-state index in [9.17, 15) is 5.21 Å². The van der Waals surface area contributed by atoms with E-state index in [0.717, 1.165) is 19.4 Å². The standard InChI is InChI=1S/C8H15NO/c1-3-8-5-4-6-9(2,10)7-8/h5H,3-4,6-7H2,1-2H3. The number of nitrogens with zero attached hydrogens (tertiary/aromatic N) is 1. The first-order valence-electron chi connectivity index (χ1n) is 3.87. The monoisotopic (exact) mass is 141 g/mol. The Kier molecular flexibility index (Phi) is 2.11. The van der Waals surface area contributed by atoms with Gasteiger partial charge in [0.2, 0.25) is 0 Å². The van der Waals surface area contributed by atoms with E-state index in [1.54, 1.807) is 7.05 Å². The van der Waals surface area contributed by atoms with Crippen molar-refractivity contribution in [3.05, 3.63) is 16.9 Å². The zero-order valence-corrected chi connectivity index (χ0v) is 6.76. The van der Waals surface area contributed by atoms with Gasteiger partial charge in [-0.25, -0.2) is 0 Å². The molecule has 1 aliphatic rings. The molecule has 1 atom stereocenters. The van der Waals surface area contributed by atoms with Crippen LogP contribution in [0.5, 0.6) is 0 Å². The van der Waals surface area contributed by atoms with Crippen LogP contribution in [0.25, 0.3) is 0 Å². The average molecular weight is 141 g/mol. The van der Waals surface area contributed by atoms with Crippen molar-refractivity contribution >= 4 is 0 Å². The lowest BCUT2D eigenvalue weighted by Gasteiger charge is -2.41. The molecule has 0 amide bonds. The van der Waals surface area contributed by atoms with Gasteiger partial charge < -0.3 is 9.85 Å². The van der Waals surface area contributed by atoms with Gasteiger partial charge in [0.25, 0.3) is 0 Å². The Bertz CT molecular complexity index is 149. The van der Waals surface area contributed by atoms with Crippen LogP contribution >= 0.6 is 0 Å². The van der Waals surface area contributed by atoms with Crippen LogP contribution < -0.4 is 0 Å². The molecule has 0 aromatic rings. The van der Waals surface area contributed by atoms with Crippen molar-refractivity contribution in [2.24, 2.45) is 0 Å². The van der Waals surface area contributed by atoms with Crippen molar-refractivity contribution in [3.8, 4) is 0 Å². The second kappa shape index (κ2) is 2.72. The molecule has 0 fully saturated rings. The fourth-order valence-corrected chi connectivity index (χ4v) is 1.37. The van der Waals surface area contributed by atoms with Crippen LogP contribution in [0, 0.1) is 5.21 Å². The summed E-state index contributed by atoms with van der Waals surface area (Å²) >= 11 is 0. The van der Waals surface area contributed by atoms with Crippen molar-refractivity contribution in [2.45, 2.75) is 19.8 Å². The fraction of sp³-hybridized carbons (Fsp3) is 0.750. The molecule has 0 bridgehead atoms. The lowest BCUT2D eigenvalue weighted by Crippen LogP contribution is -2.41. The summed E-state index contributed by atoms with van der Waals surface area (Å²) in [5, 5.41) is 11.4. The highest BCUT2D eigenvalue weighted by molar-refractivity contribution is 5.03. The van der Waals surface area contributed by atoms with Gasteiger partial charge in [-0.3, -0.25) is 0 Å². The lowest BCUT2D eigenvalue weighted by atomic mass is 10.1. The number of hydroxylamine groups is 3. The summed E-state index contributed by atoms with van der Waals surface area (Å²) < 4.78 is -0.0698. The molecule has 0 saturated heterocycles. The molecular weight excluding hydrogens is 126 g/mol. The van der Waals surface area contributed by atoms with E-state index < -0.39 is 0 Å². The molecule has 0 aromatic carbocycles. The average Bonchev–Trinajstić information content (AvgIpc) is 1.86. The molecule has 0 radical (unpaired) electrons. The van der Waals surface area contributed by atoms with Crippen molar-refractivity contribution in [1.29, 1.82) is 0 Å². The number of hydrogen-bond donors (Lipinski definition) is 0. The van der Waals surface area contributed by atoms with E-state index >= 15 is 0 Å². The molecule has 1 heterocycles. The van der Waals surface area contributed by atoms with Gasteiger partial charge in [0.15, 0.2) is 0 Å². The summed E-state index contributed by atoms with van der Waals surface area (Å²) in [5.41, 5.74) is 1.32. The van der Waals surface area contributed by atoms with E-state index in [-0.39, 0.29) is 4.65 Å². The minimum atomic E-state index is -0.0698. The second-order valence-corrected chi connectivity index (χ2v) is 3.18. The van der Waals surface area contributed by atoms with Gasteiger partial charge in [0, 0.05) is 6.42 Å². The van der Waals surface area contributed by atoms with Crippen molar-refractivity contribution in [3.63, 3.8) is 0 Å². The Labute approximate surface area is 62.3 Å². The zero-order chi connectivity index (χ0) is 7.61. The van der Waals surface area contributed by atoms with Gasteiger partial charge in [0.1, 0.15) is 0 Å². The van der Waals surface area contributed by atoms with E-state index in [0.29, 0.717) is 6.54 Å². The van der Waals surface area contributed by atoms with E-state index in [1.165, 1.54) is 5.57 Å². The molecule has 0 aliphatic carbocycles. The van der Waals surface area contributed by atoms with Gasteiger partial charge in [-0.05, 0) is 12.0 Å². The highest BCUT2D eigenvalue weighted by Crippen LogP contribution is 2.16. The van der Waals surface area contributed by atoms with Crippen LogP contribution in [0.4, 0.5) is 0 Å². The fourth-order valence-electron chi connectivity index (χ4n) is 1.37. The third-order valence-corrected chi connectivity index (χ3v) is 2.03. The van der Waals surface area contributed by atoms with Crippen LogP contribution in [-0.2, 0) is 0 Å². The molecule has 2 heteroatoms. The minimum absolute atomic E-state index is 0.0698. The maximum absolute atomic E-state index is 11.4. The Morgan fingerprint density at radius 3 is 2.80 bits per heavy atom. The van der Waals surface area contributed by atoms with Crippen LogP contribution in [0.3, 0.4) is 0 Å². The molecule has 10 heavy (non-hydrogen) atoms. The van der Waals surface area contributed by atoms with Crippen molar-refractivity contribution < 1.29 is 4.65 Å². The third-order valence-electron chi connectivity index (χ3n) is 2.03. The molecule has 0 saturated carbocycles. The van der Waals surface area contributed by atoms with Gasteiger partial charge in [-0.15, -0.1) is 0 Å². The number of likely N-dealkylation sites (N-methyl/N-ethyl adjacent to an activating group) is 1. The molecular formula is C8H15NO. The minimum Gasteiger partial charge on any atom is -0.633 e. The van der Waals surface area contributed by atoms with Gasteiger partial charge in [0.05, 0.1) is 20.1 Å². The smallest absolute Gasteiger partial charge is 0.0998 e. The first-order chi connectivity index (χ1) is 4.64. The Hall–Kier alpha value is -0.340.